The molecule has 126 valence electrons. The first-order valence-corrected chi connectivity index (χ1v) is 9.26. The molecule has 2 aliphatic heterocycles. The highest BCUT2D eigenvalue weighted by Gasteiger charge is 2.24. The summed E-state index contributed by atoms with van der Waals surface area (Å²) in [5.41, 5.74) is 2.90. The summed E-state index contributed by atoms with van der Waals surface area (Å²) in [4.78, 5) is 14.3. The molecule has 0 spiro atoms. The topological polar surface area (TPSA) is 32.3 Å². The van der Waals surface area contributed by atoms with Gasteiger partial charge in [-0.2, -0.15) is 4.98 Å². The molecule has 1 saturated heterocycles. The number of nitrogens with zero attached hydrogens (tertiary/aromatic N) is 4. The highest BCUT2D eigenvalue weighted by molar-refractivity contribution is 5.47. The van der Waals surface area contributed by atoms with Crippen molar-refractivity contribution in [3.8, 4) is 0 Å². The van der Waals surface area contributed by atoms with Crippen molar-refractivity contribution in [3.63, 3.8) is 0 Å². The number of anilines is 2. The van der Waals surface area contributed by atoms with Gasteiger partial charge in [-0.05, 0) is 49.3 Å². The van der Waals surface area contributed by atoms with Crippen LogP contribution in [0.5, 0.6) is 0 Å². The van der Waals surface area contributed by atoms with Crippen molar-refractivity contribution in [2.24, 2.45) is 0 Å². The monoisotopic (exact) mass is 322 g/mol. The summed E-state index contributed by atoms with van der Waals surface area (Å²) in [5.74, 6) is 1.98. The molecule has 0 N–H and O–H groups in total. The van der Waals surface area contributed by atoms with Gasteiger partial charge in [0.15, 0.2) is 0 Å². The lowest BCUT2D eigenvalue weighted by Crippen LogP contribution is -2.40. The van der Waals surface area contributed by atoms with E-state index in [0.717, 1.165) is 37.8 Å². The Morgan fingerprint density at radius 1 is 1.08 bits per heavy atom. The molecule has 1 unspecified atom stereocenters. The zero-order valence-corrected chi connectivity index (χ0v) is 14.5. The zero-order chi connectivity index (χ0) is 16.4. The Labute approximate surface area is 144 Å². The van der Waals surface area contributed by atoms with Gasteiger partial charge in [-0.3, -0.25) is 0 Å². The van der Waals surface area contributed by atoms with Crippen LogP contribution in [0, 0.1) is 0 Å². The first-order chi connectivity index (χ1) is 11.8. The van der Waals surface area contributed by atoms with Crippen LogP contribution in [0.1, 0.15) is 43.7 Å². The molecule has 2 aromatic rings. The van der Waals surface area contributed by atoms with Crippen LogP contribution >= 0.6 is 0 Å². The fourth-order valence-corrected chi connectivity index (χ4v) is 4.03. The van der Waals surface area contributed by atoms with Crippen molar-refractivity contribution >= 4 is 11.8 Å². The molecule has 0 amide bonds. The second kappa shape index (κ2) is 6.80. The molecule has 1 aromatic carbocycles. The number of fused-ring (bicyclic) bond motifs is 1. The molecule has 1 aromatic heterocycles. The Kier molecular flexibility index (Phi) is 4.37. The van der Waals surface area contributed by atoms with E-state index in [9.17, 15) is 0 Å². The highest BCUT2D eigenvalue weighted by Crippen LogP contribution is 2.27. The third kappa shape index (κ3) is 2.97. The maximum absolute atomic E-state index is 4.93. The van der Waals surface area contributed by atoms with E-state index in [-0.39, 0.29) is 0 Å². The third-order valence-corrected chi connectivity index (χ3v) is 5.44. The minimum absolute atomic E-state index is 0.594. The van der Waals surface area contributed by atoms with Gasteiger partial charge < -0.3 is 9.80 Å². The van der Waals surface area contributed by atoms with E-state index in [1.54, 1.807) is 0 Å². The molecule has 24 heavy (non-hydrogen) atoms. The van der Waals surface area contributed by atoms with Gasteiger partial charge in [0.25, 0.3) is 0 Å². The summed E-state index contributed by atoms with van der Waals surface area (Å²) < 4.78 is 0. The van der Waals surface area contributed by atoms with Crippen molar-refractivity contribution in [2.75, 3.05) is 22.9 Å². The van der Waals surface area contributed by atoms with E-state index in [2.05, 4.69) is 52.0 Å². The minimum Gasteiger partial charge on any atom is -0.352 e. The summed E-state index contributed by atoms with van der Waals surface area (Å²) in [6.07, 6.45) is 8.04. The predicted molar refractivity (Wildman–Crippen MR) is 98.5 cm³/mol. The number of piperidine rings is 1. The Bertz CT molecular complexity index is 700. The van der Waals surface area contributed by atoms with Gasteiger partial charge in [0.05, 0.1) is 0 Å². The average Bonchev–Trinajstić information content (AvgIpc) is 2.67. The second-order valence-corrected chi connectivity index (χ2v) is 6.91. The smallest absolute Gasteiger partial charge is 0.227 e. The normalized spacial score (nSPS) is 20.8. The Morgan fingerprint density at radius 3 is 2.83 bits per heavy atom. The minimum atomic E-state index is 0.594. The molecule has 0 aliphatic carbocycles. The van der Waals surface area contributed by atoms with E-state index in [4.69, 9.17) is 4.98 Å². The molecule has 1 fully saturated rings. The first kappa shape index (κ1) is 15.4. The molecular weight excluding hydrogens is 296 g/mol. The van der Waals surface area contributed by atoms with Gasteiger partial charge in [-0.1, -0.05) is 31.2 Å². The van der Waals surface area contributed by atoms with E-state index in [1.807, 2.05) is 6.20 Å². The van der Waals surface area contributed by atoms with Crippen molar-refractivity contribution in [2.45, 2.75) is 51.6 Å². The van der Waals surface area contributed by atoms with E-state index >= 15 is 0 Å². The van der Waals surface area contributed by atoms with E-state index < -0.39 is 0 Å². The van der Waals surface area contributed by atoms with Gasteiger partial charge in [0, 0.05) is 31.9 Å². The van der Waals surface area contributed by atoms with Crippen LogP contribution in [-0.4, -0.2) is 29.1 Å². The molecule has 4 rings (SSSR count). The van der Waals surface area contributed by atoms with Gasteiger partial charge in [-0.25, -0.2) is 4.98 Å². The molecular formula is C20H26N4. The van der Waals surface area contributed by atoms with Gasteiger partial charge in [0.2, 0.25) is 5.95 Å². The van der Waals surface area contributed by atoms with Gasteiger partial charge in [0.1, 0.15) is 5.82 Å². The third-order valence-electron chi connectivity index (χ3n) is 5.44. The predicted octanol–water partition coefficient (Wildman–Crippen LogP) is 3.81. The van der Waals surface area contributed by atoms with Crippen molar-refractivity contribution in [3.05, 3.63) is 47.7 Å². The number of benzene rings is 1. The van der Waals surface area contributed by atoms with Crippen LogP contribution in [0.25, 0.3) is 0 Å². The fraction of sp³-hybridized carbons (Fsp3) is 0.500. The molecule has 2 aliphatic rings. The molecule has 0 radical (unpaired) electrons. The SMILES string of the molecule is CCC1CCCCN1c1nccc(N2CCc3ccccc3C2)n1. The lowest BCUT2D eigenvalue weighted by atomic mass is 10.00. The van der Waals surface area contributed by atoms with Crippen LogP contribution in [0.15, 0.2) is 36.5 Å². The van der Waals surface area contributed by atoms with Crippen molar-refractivity contribution in [1.82, 2.24) is 9.97 Å². The van der Waals surface area contributed by atoms with Gasteiger partial charge in [-0.15, -0.1) is 0 Å². The summed E-state index contributed by atoms with van der Waals surface area (Å²) in [7, 11) is 0. The van der Waals surface area contributed by atoms with Crippen LogP contribution < -0.4 is 9.80 Å². The lowest BCUT2D eigenvalue weighted by Gasteiger charge is -2.36. The number of aromatic nitrogens is 2. The van der Waals surface area contributed by atoms with E-state index in [1.165, 1.54) is 36.8 Å². The quantitative estimate of drug-likeness (QED) is 0.860. The van der Waals surface area contributed by atoms with Crippen molar-refractivity contribution < 1.29 is 0 Å². The highest BCUT2D eigenvalue weighted by atomic mass is 15.3. The largest absolute Gasteiger partial charge is 0.352 e. The zero-order valence-electron chi connectivity index (χ0n) is 14.5. The standard InChI is InChI=1S/C20H26N4/c1-2-18-9-5-6-13-24(18)20-21-12-10-19(22-20)23-14-11-16-7-3-4-8-17(16)15-23/h3-4,7-8,10,12,18H,2,5-6,9,11,13-15H2,1H3. The summed E-state index contributed by atoms with van der Waals surface area (Å²) in [6, 6.07) is 11.4. The molecule has 4 nitrogen and oxygen atoms in total. The summed E-state index contributed by atoms with van der Waals surface area (Å²) in [6.45, 7) is 5.34. The van der Waals surface area contributed by atoms with E-state index in [0.29, 0.717) is 6.04 Å². The Balaban J connectivity index is 1.57. The van der Waals surface area contributed by atoms with Crippen LogP contribution in [0.2, 0.25) is 0 Å². The molecule has 1 atom stereocenters. The lowest BCUT2D eigenvalue weighted by molar-refractivity contribution is 0.443. The van der Waals surface area contributed by atoms with Crippen molar-refractivity contribution in [1.29, 1.82) is 0 Å². The summed E-state index contributed by atoms with van der Waals surface area (Å²) >= 11 is 0. The van der Waals surface area contributed by atoms with Crippen LogP contribution in [-0.2, 0) is 13.0 Å². The number of hydrogen-bond donors (Lipinski definition) is 0. The summed E-state index contributed by atoms with van der Waals surface area (Å²) in [5, 5.41) is 0. The second-order valence-electron chi connectivity index (χ2n) is 6.91. The Hall–Kier alpha value is -2.10. The first-order valence-electron chi connectivity index (χ1n) is 9.26. The van der Waals surface area contributed by atoms with Crippen LogP contribution in [0.3, 0.4) is 0 Å². The molecule has 0 saturated carbocycles. The van der Waals surface area contributed by atoms with Crippen LogP contribution in [0.4, 0.5) is 11.8 Å². The maximum atomic E-state index is 4.93. The fourth-order valence-electron chi connectivity index (χ4n) is 4.03. The number of rotatable bonds is 3. The Morgan fingerprint density at radius 2 is 1.96 bits per heavy atom. The molecule has 3 heterocycles. The molecule has 0 bridgehead atoms. The van der Waals surface area contributed by atoms with Gasteiger partial charge >= 0.3 is 0 Å². The molecule has 4 heteroatoms. The number of hydrogen-bond acceptors (Lipinski definition) is 4. The maximum Gasteiger partial charge on any atom is 0.227 e. The average molecular weight is 322 g/mol.